The van der Waals surface area contributed by atoms with E-state index in [-0.39, 0.29) is 12.1 Å². The molecular formula is C32H42N4O6S. The number of allylic oxidation sites excluding steroid dienone is 2. The predicted molar refractivity (Wildman–Crippen MR) is 169 cm³/mol. The molecule has 11 heteroatoms. The number of aliphatic hydroxyl groups excluding tert-OH is 3. The zero-order valence-corrected chi connectivity index (χ0v) is 26.2. The molecule has 1 aliphatic heterocycles. The number of nitrogens with one attached hydrogen (secondary N) is 1. The standard InChI is InChI=1S/C32H42N4O6S/c1-6-14-36(15-7-2)25-11-10-22-16-24(9-8-23(22)17-25)27-13-12-26(35(27)5)20(3)29(18-33)43(40,41)34-19-28-31(38)32(39)30(37)21(4)42-28/h8-13,16-17,21,28,30-32,34,37-39H,6-7,14-15,19H2,1-5H3/b29-20+/t21?,28-,30+,31-,32-/m1/s1. The molecule has 1 fully saturated rings. The molecule has 4 N–H and O–H groups in total. The van der Waals surface area contributed by atoms with Crippen LogP contribution in [0.5, 0.6) is 0 Å². The van der Waals surface area contributed by atoms with Gasteiger partial charge in [-0.05, 0) is 73.4 Å². The van der Waals surface area contributed by atoms with E-state index in [0.717, 1.165) is 48.0 Å². The van der Waals surface area contributed by atoms with Gasteiger partial charge in [0, 0.05) is 49.3 Å². The lowest BCUT2D eigenvalue weighted by atomic mass is 9.96. The highest BCUT2D eigenvalue weighted by atomic mass is 32.2. The first-order chi connectivity index (χ1) is 20.4. The molecule has 2 heterocycles. The van der Waals surface area contributed by atoms with Crippen LogP contribution in [-0.2, 0) is 21.8 Å². The number of rotatable bonds is 11. The highest BCUT2D eigenvalue weighted by Gasteiger charge is 2.42. The minimum absolute atomic E-state index is 0.259. The summed E-state index contributed by atoms with van der Waals surface area (Å²) in [6.07, 6.45) is -4.03. The van der Waals surface area contributed by atoms with Crippen LogP contribution < -0.4 is 9.62 Å². The fraction of sp³-hybridized carbons (Fsp3) is 0.469. The average molecular weight is 611 g/mol. The normalized spacial score (nSPS) is 23.2. The van der Waals surface area contributed by atoms with Crippen molar-refractivity contribution in [2.45, 2.75) is 71.1 Å². The van der Waals surface area contributed by atoms with Crippen LogP contribution in [0.1, 0.15) is 46.2 Å². The molecule has 0 aliphatic carbocycles. The number of anilines is 1. The average Bonchev–Trinajstić information content (AvgIpc) is 3.37. The van der Waals surface area contributed by atoms with Gasteiger partial charge >= 0.3 is 0 Å². The lowest BCUT2D eigenvalue weighted by Gasteiger charge is -2.39. The molecule has 4 rings (SSSR count). The summed E-state index contributed by atoms with van der Waals surface area (Å²) < 4.78 is 36.0. The lowest BCUT2D eigenvalue weighted by Crippen LogP contribution is -2.59. The Kier molecular flexibility index (Phi) is 10.3. The van der Waals surface area contributed by atoms with E-state index in [1.807, 2.05) is 29.8 Å². The van der Waals surface area contributed by atoms with Crippen LogP contribution in [0, 0.1) is 11.3 Å². The summed E-state index contributed by atoms with van der Waals surface area (Å²) in [6.45, 7) is 9.09. The molecule has 1 saturated heterocycles. The quantitative estimate of drug-likeness (QED) is 0.241. The van der Waals surface area contributed by atoms with Gasteiger partial charge < -0.3 is 29.5 Å². The van der Waals surface area contributed by atoms with Gasteiger partial charge in [0.2, 0.25) is 0 Å². The second kappa shape index (κ2) is 13.6. The van der Waals surface area contributed by atoms with Gasteiger partial charge in [-0.2, -0.15) is 5.26 Å². The monoisotopic (exact) mass is 610 g/mol. The third kappa shape index (κ3) is 6.80. The molecule has 5 atom stereocenters. The fourth-order valence-electron chi connectivity index (χ4n) is 5.71. The number of benzene rings is 2. The van der Waals surface area contributed by atoms with E-state index in [2.05, 4.69) is 53.8 Å². The topological polar surface area (TPSA) is 148 Å². The molecule has 0 radical (unpaired) electrons. The van der Waals surface area contributed by atoms with Crippen LogP contribution >= 0.6 is 0 Å². The maximum Gasteiger partial charge on any atom is 0.251 e. The summed E-state index contributed by atoms with van der Waals surface area (Å²) in [5, 5.41) is 42.3. The van der Waals surface area contributed by atoms with E-state index >= 15 is 0 Å². The van der Waals surface area contributed by atoms with Crippen LogP contribution in [0.15, 0.2) is 53.4 Å². The molecule has 1 aliphatic rings. The Balaban J connectivity index is 1.58. The number of aromatic nitrogens is 1. The Morgan fingerprint density at radius 3 is 2.30 bits per heavy atom. The summed E-state index contributed by atoms with van der Waals surface area (Å²) in [6, 6.07) is 18.2. The molecule has 1 unspecified atom stereocenters. The first kappa shape index (κ1) is 32.7. The minimum atomic E-state index is -4.30. The smallest absolute Gasteiger partial charge is 0.251 e. The van der Waals surface area contributed by atoms with Crippen LogP contribution in [0.2, 0.25) is 0 Å². The van der Waals surface area contributed by atoms with E-state index in [9.17, 15) is 29.0 Å². The van der Waals surface area contributed by atoms with Crippen LogP contribution in [0.3, 0.4) is 0 Å². The Morgan fingerprint density at radius 1 is 1.00 bits per heavy atom. The number of sulfonamides is 1. The van der Waals surface area contributed by atoms with Gasteiger partial charge in [0.25, 0.3) is 10.0 Å². The number of nitriles is 1. The zero-order chi connectivity index (χ0) is 31.5. The molecule has 0 saturated carbocycles. The van der Waals surface area contributed by atoms with Crippen LogP contribution in [-0.4, -0.2) is 78.5 Å². The molecule has 0 spiro atoms. The van der Waals surface area contributed by atoms with Crippen molar-refractivity contribution >= 4 is 32.1 Å². The summed E-state index contributed by atoms with van der Waals surface area (Å²) in [7, 11) is -2.47. The fourth-order valence-corrected chi connectivity index (χ4v) is 6.86. The van der Waals surface area contributed by atoms with Crippen molar-refractivity contribution in [2.24, 2.45) is 7.05 Å². The predicted octanol–water partition coefficient (Wildman–Crippen LogP) is 3.52. The molecule has 0 amide bonds. The third-order valence-electron chi connectivity index (χ3n) is 8.11. The number of hydrogen-bond acceptors (Lipinski definition) is 8. The first-order valence-corrected chi connectivity index (χ1v) is 16.2. The van der Waals surface area contributed by atoms with Crippen molar-refractivity contribution in [1.82, 2.24) is 9.29 Å². The van der Waals surface area contributed by atoms with Gasteiger partial charge in [-0.1, -0.05) is 32.0 Å². The second-order valence-corrected chi connectivity index (χ2v) is 12.9. The molecule has 232 valence electrons. The van der Waals surface area contributed by atoms with Gasteiger partial charge in [0.15, 0.2) is 4.91 Å². The number of aliphatic hydroxyl groups is 3. The first-order valence-electron chi connectivity index (χ1n) is 14.7. The van der Waals surface area contributed by atoms with Crippen molar-refractivity contribution in [3.63, 3.8) is 0 Å². The highest BCUT2D eigenvalue weighted by Crippen LogP contribution is 2.31. The Labute approximate surface area is 253 Å². The van der Waals surface area contributed by atoms with Crippen molar-refractivity contribution in [1.29, 1.82) is 5.26 Å². The maximum absolute atomic E-state index is 13.2. The van der Waals surface area contributed by atoms with Crippen LogP contribution in [0.4, 0.5) is 5.69 Å². The molecule has 1 aromatic heterocycles. The van der Waals surface area contributed by atoms with Crippen molar-refractivity contribution < 1.29 is 28.5 Å². The maximum atomic E-state index is 13.2. The Hall–Kier alpha value is -3.24. The van der Waals surface area contributed by atoms with E-state index in [0.29, 0.717) is 5.69 Å². The Bertz CT molecular complexity index is 1620. The highest BCUT2D eigenvalue weighted by molar-refractivity contribution is 7.93. The Morgan fingerprint density at radius 2 is 1.65 bits per heavy atom. The van der Waals surface area contributed by atoms with Gasteiger partial charge in [0.1, 0.15) is 30.5 Å². The molecule has 3 aromatic rings. The van der Waals surface area contributed by atoms with E-state index in [1.165, 1.54) is 12.6 Å². The SMILES string of the molecule is CCCN(CCC)c1ccc2cc(-c3ccc(/C(C)=C(\C#N)S(=O)(=O)NC[C@H]4OC(C)[C@H](O)[C@@H](O)[C@@H]4O)n3C)ccc2c1. The third-order valence-corrected chi connectivity index (χ3v) is 9.60. The minimum Gasteiger partial charge on any atom is -0.388 e. The van der Waals surface area contributed by atoms with E-state index in [4.69, 9.17) is 4.74 Å². The molecule has 43 heavy (non-hydrogen) atoms. The zero-order valence-electron chi connectivity index (χ0n) is 25.4. The second-order valence-electron chi connectivity index (χ2n) is 11.2. The molecule has 0 bridgehead atoms. The number of nitrogens with zero attached hydrogens (tertiary/aromatic N) is 3. The van der Waals surface area contributed by atoms with Gasteiger partial charge in [-0.3, -0.25) is 0 Å². The van der Waals surface area contributed by atoms with E-state index in [1.54, 1.807) is 13.0 Å². The summed E-state index contributed by atoms with van der Waals surface area (Å²) in [4.78, 5) is 1.94. The molecule has 10 nitrogen and oxygen atoms in total. The van der Waals surface area contributed by atoms with Crippen molar-refractivity contribution in [3.05, 3.63) is 59.1 Å². The summed E-state index contributed by atoms with van der Waals surface area (Å²) in [5.74, 6) is 0. The van der Waals surface area contributed by atoms with Gasteiger partial charge in [-0.25, -0.2) is 13.1 Å². The van der Waals surface area contributed by atoms with Crippen molar-refractivity contribution in [2.75, 3.05) is 24.5 Å². The van der Waals surface area contributed by atoms with Crippen molar-refractivity contribution in [3.8, 4) is 17.3 Å². The number of fused-ring (bicyclic) bond motifs is 1. The van der Waals surface area contributed by atoms with Crippen LogP contribution in [0.25, 0.3) is 27.6 Å². The molecule has 2 aromatic carbocycles. The largest absolute Gasteiger partial charge is 0.388 e. The summed E-state index contributed by atoms with van der Waals surface area (Å²) >= 11 is 0. The number of ether oxygens (including phenoxy) is 1. The lowest BCUT2D eigenvalue weighted by molar-refractivity contribution is -0.214. The van der Waals surface area contributed by atoms with Gasteiger partial charge in [0.05, 0.1) is 6.10 Å². The molecular weight excluding hydrogens is 568 g/mol. The van der Waals surface area contributed by atoms with E-state index < -0.39 is 45.4 Å². The van der Waals surface area contributed by atoms with Gasteiger partial charge in [-0.15, -0.1) is 0 Å². The summed E-state index contributed by atoms with van der Waals surface area (Å²) in [5.41, 5.74) is 3.84. The number of hydrogen-bond donors (Lipinski definition) is 4.